The van der Waals surface area contributed by atoms with Crippen LogP contribution >= 0.6 is 0 Å². The van der Waals surface area contributed by atoms with E-state index in [1.165, 1.54) is 0 Å². The molecule has 0 amide bonds. The molecular formula is C13H22F3NO. The number of aliphatic hydroxyl groups is 1. The van der Waals surface area contributed by atoms with Gasteiger partial charge in [-0.3, -0.25) is 0 Å². The molecule has 2 N–H and O–H groups in total. The van der Waals surface area contributed by atoms with Gasteiger partial charge in [-0.25, -0.2) is 0 Å². The van der Waals surface area contributed by atoms with Gasteiger partial charge in [-0.2, -0.15) is 13.2 Å². The number of rotatable bonds is 2. The second-order valence-corrected chi connectivity index (χ2v) is 5.72. The van der Waals surface area contributed by atoms with Gasteiger partial charge in [-0.05, 0) is 38.5 Å². The maximum Gasteiger partial charge on any atom is 0.391 e. The van der Waals surface area contributed by atoms with Crippen LogP contribution in [0.15, 0.2) is 0 Å². The molecule has 0 spiro atoms. The van der Waals surface area contributed by atoms with Crippen LogP contribution < -0.4 is 5.32 Å². The molecule has 5 heteroatoms. The third kappa shape index (κ3) is 3.60. The van der Waals surface area contributed by atoms with Crippen molar-refractivity contribution in [1.29, 1.82) is 0 Å². The molecule has 2 aliphatic carbocycles. The Morgan fingerprint density at radius 1 is 0.889 bits per heavy atom. The van der Waals surface area contributed by atoms with Gasteiger partial charge in [-0.1, -0.05) is 12.8 Å². The molecule has 0 heterocycles. The van der Waals surface area contributed by atoms with Crippen LogP contribution in [0.3, 0.4) is 0 Å². The highest BCUT2D eigenvalue weighted by atomic mass is 19.4. The summed E-state index contributed by atoms with van der Waals surface area (Å²) in [6, 6.07) is 0.243. The van der Waals surface area contributed by atoms with Gasteiger partial charge in [-0.15, -0.1) is 0 Å². The molecule has 2 nitrogen and oxygen atoms in total. The van der Waals surface area contributed by atoms with Crippen molar-refractivity contribution in [2.24, 2.45) is 5.92 Å². The van der Waals surface area contributed by atoms with Crippen LogP contribution in [0.2, 0.25) is 0 Å². The van der Waals surface area contributed by atoms with E-state index in [1.54, 1.807) is 0 Å². The van der Waals surface area contributed by atoms with Gasteiger partial charge in [0, 0.05) is 12.1 Å². The zero-order chi connectivity index (χ0) is 13.2. The molecule has 2 fully saturated rings. The van der Waals surface area contributed by atoms with E-state index in [4.69, 9.17) is 0 Å². The minimum absolute atomic E-state index is 0.0891. The van der Waals surface area contributed by atoms with Gasteiger partial charge in [0.2, 0.25) is 0 Å². The molecule has 0 aromatic heterocycles. The molecule has 2 atom stereocenters. The van der Waals surface area contributed by atoms with Crippen LogP contribution in [0.1, 0.15) is 51.4 Å². The first-order valence-electron chi connectivity index (χ1n) is 6.97. The van der Waals surface area contributed by atoms with Crippen LogP contribution in [0, 0.1) is 5.92 Å². The Morgan fingerprint density at radius 2 is 1.50 bits per heavy atom. The average molecular weight is 265 g/mol. The molecule has 2 saturated carbocycles. The fourth-order valence-corrected chi connectivity index (χ4v) is 3.20. The summed E-state index contributed by atoms with van der Waals surface area (Å²) in [4.78, 5) is 0. The predicted molar refractivity (Wildman–Crippen MR) is 63.2 cm³/mol. The number of hydrogen-bond acceptors (Lipinski definition) is 2. The molecule has 2 unspecified atom stereocenters. The second-order valence-electron chi connectivity index (χ2n) is 5.72. The summed E-state index contributed by atoms with van der Waals surface area (Å²) in [5, 5.41) is 13.2. The van der Waals surface area contributed by atoms with Crippen molar-refractivity contribution in [2.45, 2.75) is 75.7 Å². The van der Waals surface area contributed by atoms with Crippen LogP contribution in [-0.4, -0.2) is 29.5 Å². The second kappa shape index (κ2) is 5.78. The lowest BCUT2D eigenvalue weighted by Gasteiger charge is -2.36. The number of alkyl halides is 3. The largest absolute Gasteiger partial charge is 0.392 e. The van der Waals surface area contributed by atoms with E-state index in [2.05, 4.69) is 5.32 Å². The lowest BCUT2D eigenvalue weighted by atomic mass is 9.84. The highest BCUT2D eigenvalue weighted by Gasteiger charge is 2.41. The van der Waals surface area contributed by atoms with E-state index in [0.29, 0.717) is 12.8 Å². The summed E-state index contributed by atoms with van der Waals surface area (Å²) in [5.74, 6) is -1.12. The number of hydrogen-bond donors (Lipinski definition) is 2. The van der Waals surface area contributed by atoms with Gasteiger partial charge in [0.05, 0.1) is 12.0 Å². The summed E-state index contributed by atoms with van der Waals surface area (Å²) in [6.07, 6.45) is 1.17. The van der Waals surface area contributed by atoms with E-state index >= 15 is 0 Å². The molecule has 2 rings (SSSR count). The summed E-state index contributed by atoms with van der Waals surface area (Å²) in [7, 11) is 0. The molecule has 0 aliphatic heterocycles. The normalized spacial score (nSPS) is 38.7. The van der Waals surface area contributed by atoms with Crippen LogP contribution in [0.5, 0.6) is 0 Å². The Hall–Kier alpha value is -0.290. The first-order chi connectivity index (χ1) is 8.47. The Labute approximate surface area is 106 Å². The maximum atomic E-state index is 12.5. The average Bonchev–Trinajstić information content (AvgIpc) is 2.32. The summed E-state index contributed by atoms with van der Waals surface area (Å²) in [5.41, 5.74) is 0. The number of nitrogens with one attached hydrogen (secondary N) is 1. The van der Waals surface area contributed by atoms with Crippen molar-refractivity contribution in [3.63, 3.8) is 0 Å². The van der Waals surface area contributed by atoms with Crippen molar-refractivity contribution in [2.75, 3.05) is 0 Å². The highest BCUT2D eigenvalue weighted by Crippen LogP contribution is 2.37. The maximum absolute atomic E-state index is 12.5. The molecule has 0 bridgehead atoms. The van der Waals surface area contributed by atoms with Gasteiger partial charge in [0.1, 0.15) is 0 Å². The van der Waals surface area contributed by atoms with Crippen LogP contribution in [0.4, 0.5) is 13.2 Å². The van der Waals surface area contributed by atoms with Gasteiger partial charge < -0.3 is 10.4 Å². The van der Waals surface area contributed by atoms with Crippen molar-refractivity contribution < 1.29 is 18.3 Å². The van der Waals surface area contributed by atoms with E-state index in [0.717, 1.165) is 25.7 Å². The first-order valence-corrected chi connectivity index (χ1v) is 6.97. The monoisotopic (exact) mass is 265 g/mol. The molecule has 0 saturated heterocycles. The zero-order valence-corrected chi connectivity index (χ0v) is 10.5. The predicted octanol–water partition coefficient (Wildman–Crippen LogP) is 3.00. The summed E-state index contributed by atoms with van der Waals surface area (Å²) >= 11 is 0. The lowest BCUT2D eigenvalue weighted by molar-refractivity contribution is -0.183. The van der Waals surface area contributed by atoms with Gasteiger partial charge in [0.15, 0.2) is 0 Å². The molecule has 106 valence electrons. The fraction of sp³-hybridized carbons (Fsp3) is 1.00. The highest BCUT2D eigenvalue weighted by molar-refractivity contribution is 4.87. The standard InChI is InChI=1S/C13H22F3NO/c14-13(15,16)9-5-7-10(8-6-9)17-11-3-1-2-4-12(11)18/h9-12,17-18H,1-8H2. The van der Waals surface area contributed by atoms with Crippen LogP contribution in [0.25, 0.3) is 0 Å². The minimum Gasteiger partial charge on any atom is -0.392 e. The smallest absolute Gasteiger partial charge is 0.391 e. The van der Waals surface area contributed by atoms with E-state index in [1.807, 2.05) is 0 Å². The molecule has 0 aromatic carbocycles. The van der Waals surface area contributed by atoms with E-state index in [9.17, 15) is 18.3 Å². The Morgan fingerprint density at radius 3 is 2.06 bits per heavy atom. The molecule has 2 aliphatic rings. The molecule has 0 radical (unpaired) electrons. The quantitative estimate of drug-likeness (QED) is 0.804. The Bertz CT molecular complexity index is 261. The number of aliphatic hydroxyl groups excluding tert-OH is 1. The van der Waals surface area contributed by atoms with Crippen LogP contribution in [-0.2, 0) is 0 Å². The molecule has 0 aromatic rings. The molecular weight excluding hydrogens is 243 g/mol. The third-order valence-corrected chi connectivity index (χ3v) is 4.37. The summed E-state index contributed by atoms with van der Waals surface area (Å²) in [6.45, 7) is 0. The van der Waals surface area contributed by atoms with E-state index in [-0.39, 0.29) is 31.0 Å². The lowest BCUT2D eigenvalue weighted by Crippen LogP contribution is -2.48. The van der Waals surface area contributed by atoms with Crippen molar-refractivity contribution in [3.05, 3.63) is 0 Å². The first kappa shape index (κ1) is 14.1. The SMILES string of the molecule is OC1CCCCC1NC1CCC(C(F)(F)F)CC1. The minimum atomic E-state index is -4.03. The third-order valence-electron chi connectivity index (χ3n) is 4.37. The zero-order valence-electron chi connectivity index (χ0n) is 10.5. The van der Waals surface area contributed by atoms with Gasteiger partial charge in [0.25, 0.3) is 0 Å². The van der Waals surface area contributed by atoms with Crippen molar-refractivity contribution in [3.8, 4) is 0 Å². The van der Waals surface area contributed by atoms with Crippen molar-refractivity contribution in [1.82, 2.24) is 5.32 Å². The van der Waals surface area contributed by atoms with Crippen molar-refractivity contribution >= 4 is 0 Å². The fourth-order valence-electron chi connectivity index (χ4n) is 3.20. The van der Waals surface area contributed by atoms with Gasteiger partial charge >= 0.3 is 6.18 Å². The topological polar surface area (TPSA) is 32.3 Å². The Balaban J connectivity index is 1.76. The summed E-state index contributed by atoms with van der Waals surface area (Å²) < 4.78 is 37.6. The Kier molecular flexibility index (Phi) is 4.54. The number of halogens is 3. The van der Waals surface area contributed by atoms with E-state index < -0.39 is 12.1 Å². The molecule has 18 heavy (non-hydrogen) atoms.